The van der Waals surface area contributed by atoms with E-state index in [1.165, 1.54) is 0 Å². The molecule has 9 heavy (non-hydrogen) atoms. The lowest BCUT2D eigenvalue weighted by Crippen LogP contribution is -2.05. The molecule has 52 valence electrons. The van der Waals surface area contributed by atoms with Crippen LogP contribution in [0.25, 0.3) is 0 Å². The van der Waals surface area contributed by atoms with Crippen molar-refractivity contribution < 1.29 is 4.79 Å². The van der Waals surface area contributed by atoms with Crippen LogP contribution in [-0.2, 0) is 4.79 Å². The summed E-state index contributed by atoms with van der Waals surface area (Å²) < 4.78 is 0. The van der Waals surface area contributed by atoms with Crippen molar-refractivity contribution >= 4 is 17.4 Å². The van der Waals surface area contributed by atoms with E-state index in [0.717, 1.165) is 19.3 Å². The molecule has 0 bridgehead atoms. The summed E-state index contributed by atoms with van der Waals surface area (Å²) in [6, 6.07) is 0. The maximum Gasteiger partial charge on any atom is 0.132 e. The minimum Gasteiger partial charge on any atom is -0.300 e. The number of rotatable bonds is 1. The molecule has 0 N–H and O–H groups in total. The van der Waals surface area contributed by atoms with Crippen LogP contribution in [0, 0.1) is 5.92 Å². The minimum absolute atomic E-state index is 0.263. The fraction of sp³-hybridized carbons (Fsp3) is 0.857. The van der Waals surface area contributed by atoms with Crippen molar-refractivity contribution in [3.63, 3.8) is 0 Å². The summed E-state index contributed by atoms with van der Waals surface area (Å²) in [5.41, 5.74) is 0. The van der Waals surface area contributed by atoms with Crippen LogP contribution in [0.15, 0.2) is 0 Å². The number of carbonyl (C=O) groups excluding carboxylic acids is 1. The molecular weight excluding hydrogens is 136 g/mol. The molecule has 1 aliphatic rings. The van der Waals surface area contributed by atoms with Gasteiger partial charge in [-0.1, -0.05) is 0 Å². The second kappa shape index (κ2) is 2.70. The molecule has 1 nitrogen and oxygen atoms in total. The van der Waals surface area contributed by atoms with Crippen molar-refractivity contribution in [2.24, 2.45) is 5.92 Å². The van der Waals surface area contributed by atoms with Crippen molar-refractivity contribution in [1.29, 1.82) is 0 Å². The Bertz CT molecular complexity index is 122. The Labute approximate surface area is 60.4 Å². The van der Waals surface area contributed by atoms with Gasteiger partial charge in [0.25, 0.3) is 0 Å². The molecule has 2 atom stereocenters. The highest BCUT2D eigenvalue weighted by Crippen LogP contribution is 2.29. The van der Waals surface area contributed by atoms with Gasteiger partial charge in [0.1, 0.15) is 5.78 Å². The smallest absolute Gasteiger partial charge is 0.132 e. The van der Waals surface area contributed by atoms with E-state index in [1.54, 1.807) is 6.92 Å². The first-order chi connectivity index (χ1) is 4.20. The van der Waals surface area contributed by atoms with Crippen LogP contribution < -0.4 is 0 Å². The van der Waals surface area contributed by atoms with E-state index in [1.807, 2.05) is 0 Å². The summed E-state index contributed by atoms with van der Waals surface area (Å²) in [6.45, 7) is 1.65. The Balaban J connectivity index is 2.39. The molecule has 0 aromatic rings. The van der Waals surface area contributed by atoms with E-state index >= 15 is 0 Å². The van der Waals surface area contributed by atoms with Crippen LogP contribution in [0.1, 0.15) is 26.2 Å². The highest BCUT2D eigenvalue weighted by Gasteiger charge is 2.25. The Morgan fingerprint density at radius 1 is 1.56 bits per heavy atom. The predicted octanol–water partition coefficient (Wildman–Crippen LogP) is 1.98. The van der Waals surface area contributed by atoms with Crippen LogP contribution in [0.3, 0.4) is 0 Å². The van der Waals surface area contributed by atoms with E-state index < -0.39 is 0 Å². The van der Waals surface area contributed by atoms with Crippen molar-refractivity contribution in [3.05, 3.63) is 0 Å². The third-order valence-corrected chi connectivity index (χ3v) is 2.34. The van der Waals surface area contributed by atoms with Crippen LogP contribution in [0.5, 0.6) is 0 Å². The summed E-state index contributed by atoms with van der Waals surface area (Å²) in [4.78, 5) is 10.7. The lowest BCUT2D eigenvalue weighted by molar-refractivity contribution is -0.120. The molecule has 1 saturated carbocycles. The van der Waals surface area contributed by atoms with Crippen LogP contribution in [0.4, 0.5) is 0 Å². The highest BCUT2D eigenvalue weighted by atomic mass is 35.5. The first-order valence-electron chi connectivity index (χ1n) is 3.34. The Morgan fingerprint density at radius 3 is 2.44 bits per heavy atom. The third kappa shape index (κ3) is 1.68. The predicted molar refractivity (Wildman–Crippen MR) is 37.7 cm³/mol. The van der Waals surface area contributed by atoms with Gasteiger partial charge in [0.15, 0.2) is 0 Å². The second-order valence-corrected chi connectivity index (χ2v) is 3.34. The number of alkyl halides is 1. The van der Waals surface area contributed by atoms with E-state index in [2.05, 4.69) is 0 Å². The highest BCUT2D eigenvalue weighted by molar-refractivity contribution is 6.20. The third-order valence-electron chi connectivity index (χ3n) is 1.94. The normalized spacial score (nSPS) is 34.9. The number of hydrogen-bond donors (Lipinski definition) is 0. The first-order valence-corrected chi connectivity index (χ1v) is 3.78. The number of ketones is 1. The molecule has 0 unspecified atom stereocenters. The maximum atomic E-state index is 10.7. The molecule has 0 saturated heterocycles. The average molecular weight is 147 g/mol. The topological polar surface area (TPSA) is 17.1 Å². The monoisotopic (exact) mass is 146 g/mol. The largest absolute Gasteiger partial charge is 0.300 e. The zero-order valence-electron chi connectivity index (χ0n) is 5.56. The molecule has 0 heterocycles. The molecule has 2 heteroatoms. The molecule has 0 radical (unpaired) electrons. The van der Waals surface area contributed by atoms with Crippen LogP contribution in [0.2, 0.25) is 0 Å². The minimum atomic E-state index is 0.263. The lowest BCUT2D eigenvalue weighted by atomic mass is 10.0. The van der Waals surface area contributed by atoms with Crippen molar-refractivity contribution in [2.75, 3.05) is 0 Å². The van der Waals surface area contributed by atoms with Gasteiger partial charge in [-0.3, -0.25) is 4.79 Å². The summed E-state index contributed by atoms with van der Waals surface area (Å²) in [6.07, 6.45) is 2.92. The van der Waals surface area contributed by atoms with E-state index in [-0.39, 0.29) is 11.3 Å². The van der Waals surface area contributed by atoms with Gasteiger partial charge in [-0.2, -0.15) is 0 Å². The number of hydrogen-bond acceptors (Lipinski definition) is 1. The molecule has 0 aliphatic heterocycles. The van der Waals surface area contributed by atoms with Gasteiger partial charge < -0.3 is 0 Å². The van der Waals surface area contributed by atoms with Gasteiger partial charge in [-0.05, 0) is 26.2 Å². The summed E-state index contributed by atoms with van der Waals surface area (Å²) >= 11 is 5.80. The quantitative estimate of drug-likeness (QED) is 0.517. The zero-order chi connectivity index (χ0) is 6.85. The summed E-state index contributed by atoms with van der Waals surface area (Å²) in [7, 11) is 0. The molecule has 1 fully saturated rings. The Morgan fingerprint density at radius 2 is 2.22 bits per heavy atom. The fourth-order valence-corrected chi connectivity index (χ4v) is 1.64. The summed E-state index contributed by atoms with van der Waals surface area (Å²) in [5, 5.41) is 0.263. The Hall–Kier alpha value is -0.0400. The van der Waals surface area contributed by atoms with Gasteiger partial charge in [-0.15, -0.1) is 11.6 Å². The molecule has 0 spiro atoms. The first kappa shape index (κ1) is 7.07. The van der Waals surface area contributed by atoms with Crippen LogP contribution >= 0.6 is 11.6 Å². The SMILES string of the molecule is CC(=O)[C@H]1CC[C@H](Cl)C1. The summed E-state index contributed by atoms with van der Waals surface area (Å²) in [5.74, 6) is 0.575. The molecule has 0 aromatic carbocycles. The van der Waals surface area contributed by atoms with E-state index in [4.69, 9.17) is 11.6 Å². The van der Waals surface area contributed by atoms with Gasteiger partial charge in [0.05, 0.1) is 0 Å². The fourth-order valence-electron chi connectivity index (χ4n) is 1.30. The van der Waals surface area contributed by atoms with Crippen molar-refractivity contribution in [3.8, 4) is 0 Å². The van der Waals surface area contributed by atoms with Gasteiger partial charge >= 0.3 is 0 Å². The van der Waals surface area contributed by atoms with E-state index in [9.17, 15) is 4.79 Å². The van der Waals surface area contributed by atoms with Gasteiger partial charge in [0.2, 0.25) is 0 Å². The number of Topliss-reactive ketones (excluding diaryl/α,β-unsaturated/α-hetero) is 1. The number of halogens is 1. The zero-order valence-corrected chi connectivity index (χ0v) is 6.32. The second-order valence-electron chi connectivity index (χ2n) is 2.72. The number of carbonyl (C=O) groups is 1. The van der Waals surface area contributed by atoms with Gasteiger partial charge in [0, 0.05) is 11.3 Å². The van der Waals surface area contributed by atoms with E-state index in [0.29, 0.717) is 5.78 Å². The van der Waals surface area contributed by atoms with Gasteiger partial charge in [-0.25, -0.2) is 0 Å². The molecule has 1 rings (SSSR count). The molecule has 1 aliphatic carbocycles. The molecular formula is C7H11ClO. The van der Waals surface area contributed by atoms with Crippen LogP contribution in [-0.4, -0.2) is 11.2 Å². The molecule has 0 aromatic heterocycles. The maximum absolute atomic E-state index is 10.7. The van der Waals surface area contributed by atoms with Crippen molar-refractivity contribution in [2.45, 2.75) is 31.6 Å². The average Bonchev–Trinajstić information content (AvgIpc) is 2.14. The molecule has 0 amide bonds. The standard InChI is InChI=1S/C7H11ClO/c1-5(9)6-2-3-7(8)4-6/h6-7H,2-4H2,1H3/t6-,7-/m0/s1. The lowest BCUT2D eigenvalue weighted by Gasteiger charge is -2.00. The Kier molecular flexibility index (Phi) is 2.12. The van der Waals surface area contributed by atoms with Crippen molar-refractivity contribution in [1.82, 2.24) is 0 Å².